The molecule has 2 saturated heterocycles. The van der Waals surface area contributed by atoms with Crippen molar-refractivity contribution in [3.63, 3.8) is 0 Å². The van der Waals surface area contributed by atoms with Crippen LogP contribution in [-0.4, -0.2) is 60.6 Å². The molecule has 2 aliphatic heterocycles. The quantitative estimate of drug-likeness (QED) is 0.591. The highest BCUT2D eigenvalue weighted by atomic mass is 16.5. The minimum absolute atomic E-state index is 0.157. The average molecular weight is 198 g/mol. The van der Waals surface area contributed by atoms with Crippen molar-refractivity contribution >= 4 is 5.91 Å². The van der Waals surface area contributed by atoms with E-state index in [1.807, 2.05) is 4.90 Å². The van der Waals surface area contributed by atoms with Gasteiger partial charge in [-0.05, 0) is 13.8 Å². The maximum atomic E-state index is 11.5. The Balaban J connectivity index is 1.99. The van der Waals surface area contributed by atoms with E-state index >= 15 is 0 Å². The molecule has 1 atom stereocenters. The average Bonchev–Trinajstić information content (AvgIpc) is 2.17. The molecule has 0 aromatic rings. The fraction of sp³-hybridized carbons (Fsp3) is 0.900. The molecule has 0 aliphatic carbocycles. The molecule has 0 radical (unpaired) electrons. The van der Waals surface area contributed by atoms with Crippen LogP contribution in [0.5, 0.6) is 0 Å². The zero-order valence-corrected chi connectivity index (χ0v) is 8.90. The molecule has 0 bridgehead atoms. The van der Waals surface area contributed by atoms with Crippen LogP contribution in [0, 0.1) is 0 Å². The molecule has 2 fully saturated rings. The Labute approximate surface area is 84.8 Å². The third kappa shape index (κ3) is 1.77. The van der Waals surface area contributed by atoms with Gasteiger partial charge in [-0.15, -0.1) is 0 Å². The van der Waals surface area contributed by atoms with E-state index < -0.39 is 0 Å². The van der Waals surface area contributed by atoms with E-state index in [-0.39, 0.29) is 18.6 Å². The standard InChI is InChI=1S/C10H18N2O2/c1-8(2)11-3-4-12-9(5-11)6-14-7-10(12)13/h8-9H,3-7H2,1-2H3/t9-/m0/s1. The van der Waals surface area contributed by atoms with Gasteiger partial charge in [0.25, 0.3) is 0 Å². The Kier molecular flexibility index (Phi) is 2.74. The summed E-state index contributed by atoms with van der Waals surface area (Å²) in [6, 6.07) is 0.849. The topological polar surface area (TPSA) is 32.8 Å². The molecule has 1 amide bonds. The van der Waals surface area contributed by atoms with Gasteiger partial charge in [-0.1, -0.05) is 0 Å². The molecular weight excluding hydrogens is 180 g/mol. The van der Waals surface area contributed by atoms with Crippen molar-refractivity contribution in [3.05, 3.63) is 0 Å². The number of morpholine rings is 1. The molecular formula is C10H18N2O2. The molecule has 2 aliphatic rings. The molecule has 0 spiro atoms. The number of nitrogens with zero attached hydrogens (tertiary/aromatic N) is 2. The van der Waals surface area contributed by atoms with Gasteiger partial charge in [0.1, 0.15) is 6.61 Å². The summed E-state index contributed by atoms with van der Waals surface area (Å²) in [6.07, 6.45) is 0. The molecule has 0 aromatic carbocycles. The number of piperazine rings is 1. The van der Waals surface area contributed by atoms with E-state index in [0.717, 1.165) is 19.6 Å². The van der Waals surface area contributed by atoms with E-state index in [1.165, 1.54) is 0 Å². The van der Waals surface area contributed by atoms with Crippen molar-refractivity contribution in [3.8, 4) is 0 Å². The number of hydrogen-bond donors (Lipinski definition) is 0. The van der Waals surface area contributed by atoms with Crippen LogP contribution in [0.4, 0.5) is 0 Å². The second-order valence-electron chi connectivity index (χ2n) is 4.34. The Hall–Kier alpha value is -0.610. The summed E-state index contributed by atoms with van der Waals surface area (Å²) in [5, 5.41) is 0. The predicted molar refractivity (Wildman–Crippen MR) is 53.0 cm³/mol. The van der Waals surface area contributed by atoms with Gasteiger partial charge < -0.3 is 9.64 Å². The van der Waals surface area contributed by atoms with E-state index in [9.17, 15) is 4.79 Å². The third-order valence-electron chi connectivity index (χ3n) is 3.10. The van der Waals surface area contributed by atoms with E-state index in [0.29, 0.717) is 12.6 Å². The summed E-state index contributed by atoms with van der Waals surface area (Å²) < 4.78 is 5.26. The maximum absolute atomic E-state index is 11.5. The van der Waals surface area contributed by atoms with Crippen LogP contribution in [0.1, 0.15) is 13.8 Å². The van der Waals surface area contributed by atoms with Crippen LogP contribution < -0.4 is 0 Å². The third-order valence-corrected chi connectivity index (χ3v) is 3.10. The molecule has 4 heteroatoms. The number of ether oxygens (including phenoxy) is 1. The van der Waals surface area contributed by atoms with Gasteiger partial charge in [0.2, 0.25) is 5.91 Å². The Morgan fingerprint density at radius 3 is 2.93 bits per heavy atom. The SMILES string of the molecule is CC(C)N1CCN2C(=O)COC[C@@H]2C1. The first-order valence-corrected chi connectivity index (χ1v) is 5.29. The largest absolute Gasteiger partial charge is 0.369 e. The molecule has 2 rings (SSSR count). The fourth-order valence-corrected chi connectivity index (χ4v) is 2.18. The molecule has 0 saturated carbocycles. The molecule has 0 unspecified atom stereocenters. The highest BCUT2D eigenvalue weighted by molar-refractivity contribution is 5.78. The van der Waals surface area contributed by atoms with Crippen molar-refractivity contribution in [2.75, 3.05) is 32.8 Å². The number of carbonyl (C=O) groups is 1. The first kappa shape index (κ1) is 9.93. The first-order valence-electron chi connectivity index (χ1n) is 5.29. The monoisotopic (exact) mass is 198 g/mol. The highest BCUT2D eigenvalue weighted by Gasteiger charge is 2.34. The fourth-order valence-electron chi connectivity index (χ4n) is 2.18. The van der Waals surface area contributed by atoms with E-state index in [2.05, 4.69) is 18.7 Å². The Morgan fingerprint density at radius 2 is 2.21 bits per heavy atom. The Bertz CT molecular complexity index is 230. The van der Waals surface area contributed by atoms with Gasteiger partial charge in [-0.2, -0.15) is 0 Å². The lowest BCUT2D eigenvalue weighted by molar-refractivity contribution is -0.153. The minimum atomic E-state index is 0.157. The van der Waals surface area contributed by atoms with Crippen molar-refractivity contribution < 1.29 is 9.53 Å². The lowest BCUT2D eigenvalue weighted by Gasteiger charge is -2.44. The molecule has 0 N–H and O–H groups in total. The van der Waals surface area contributed by atoms with Crippen LogP contribution in [-0.2, 0) is 9.53 Å². The zero-order valence-electron chi connectivity index (χ0n) is 8.90. The lowest BCUT2D eigenvalue weighted by atomic mass is 10.1. The number of carbonyl (C=O) groups excluding carboxylic acids is 1. The van der Waals surface area contributed by atoms with Crippen LogP contribution in [0.15, 0.2) is 0 Å². The lowest BCUT2D eigenvalue weighted by Crippen LogP contribution is -2.61. The molecule has 14 heavy (non-hydrogen) atoms. The summed E-state index contributed by atoms with van der Waals surface area (Å²) >= 11 is 0. The van der Waals surface area contributed by atoms with Crippen molar-refractivity contribution in [2.24, 2.45) is 0 Å². The van der Waals surface area contributed by atoms with Crippen LogP contribution in [0.25, 0.3) is 0 Å². The van der Waals surface area contributed by atoms with Crippen molar-refractivity contribution in [1.29, 1.82) is 0 Å². The summed E-state index contributed by atoms with van der Waals surface area (Å²) in [4.78, 5) is 15.9. The molecule has 80 valence electrons. The second-order valence-corrected chi connectivity index (χ2v) is 4.34. The second kappa shape index (κ2) is 3.87. The van der Waals surface area contributed by atoms with E-state index in [1.54, 1.807) is 0 Å². The number of hydrogen-bond acceptors (Lipinski definition) is 3. The minimum Gasteiger partial charge on any atom is -0.369 e. The number of amides is 1. The van der Waals surface area contributed by atoms with Crippen molar-refractivity contribution in [2.45, 2.75) is 25.9 Å². The van der Waals surface area contributed by atoms with Crippen LogP contribution in [0.3, 0.4) is 0 Å². The first-order chi connectivity index (χ1) is 6.68. The van der Waals surface area contributed by atoms with Gasteiger partial charge in [-0.3, -0.25) is 9.69 Å². The van der Waals surface area contributed by atoms with E-state index in [4.69, 9.17) is 4.74 Å². The highest BCUT2D eigenvalue weighted by Crippen LogP contribution is 2.16. The summed E-state index contributed by atoms with van der Waals surface area (Å²) in [5.74, 6) is 0.157. The van der Waals surface area contributed by atoms with Gasteiger partial charge in [-0.25, -0.2) is 0 Å². The summed E-state index contributed by atoms with van der Waals surface area (Å²) in [5.41, 5.74) is 0. The van der Waals surface area contributed by atoms with Gasteiger partial charge >= 0.3 is 0 Å². The maximum Gasteiger partial charge on any atom is 0.248 e. The van der Waals surface area contributed by atoms with Gasteiger partial charge in [0.05, 0.1) is 12.6 Å². The Morgan fingerprint density at radius 1 is 1.43 bits per heavy atom. The molecule has 2 heterocycles. The van der Waals surface area contributed by atoms with Crippen LogP contribution >= 0.6 is 0 Å². The van der Waals surface area contributed by atoms with Gasteiger partial charge in [0, 0.05) is 25.7 Å². The smallest absolute Gasteiger partial charge is 0.248 e. The molecule has 4 nitrogen and oxygen atoms in total. The summed E-state index contributed by atoms with van der Waals surface area (Å²) in [6.45, 7) is 8.20. The van der Waals surface area contributed by atoms with Gasteiger partial charge in [0.15, 0.2) is 0 Å². The normalized spacial score (nSPS) is 29.5. The predicted octanol–water partition coefficient (Wildman–Crippen LogP) is -0.0622. The van der Waals surface area contributed by atoms with Crippen molar-refractivity contribution in [1.82, 2.24) is 9.80 Å². The number of rotatable bonds is 1. The van der Waals surface area contributed by atoms with Crippen LogP contribution in [0.2, 0.25) is 0 Å². The summed E-state index contributed by atoms with van der Waals surface area (Å²) in [7, 11) is 0. The molecule has 0 aromatic heterocycles. The zero-order chi connectivity index (χ0) is 10.1. The number of fused-ring (bicyclic) bond motifs is 1.